The second-order valence-corrected chi connectivity index (χ2v) is 3.82. The van der Waals surface area contributed by atoms with Crippen LogP contribution in [-0.4, -0.2) is 36.1 Å². The van der Waals surface area contributed by atoms with E-state index in [-0.39, 0.29) is 5.35 Å². The van der Waals surface area contributed by atoms with Gasteiger partial charge < -0.3 is 9.73 Å². The van der Waals surface area contributed by atoms with Crippen LogP contribution in [0.15, 0.2) is 4.42 Å². The number of piperazine rings is 1. The molecule has 0 spiro atoms. The third kappa shape index (κ3) is 2.26. The second kappa shape index (κ2) is 4.29. The molecule has 1 saturated heterocycles. The molecule has 0 saturated carbocycles. The van der Waals surface area contributed by atoms with E-state index in [0.717, 1.165) is 44.2 Å². The molecule has 0 bridgehead atoms. The normalized spacial score (nSPS) is 18.7. The Balaban J connectivity index is 1.98. The summed E-state index contributed by atoms with van der Waals surface area (Å²) < 4.78 is 5.31. The van der Waals surface area contributed by atoms with Gasteiger partial charge in [0.25, 0.3) is 5.35 Å². The standard InChI is InChI=1S/C9H14ClN3O/c1-7-8(14-9(10)12-7)6-13-4-2-11-3-5-13/h11H,2-6H2,1H3. The van der Waals surface area contributed by atoms with E-state index in [0.29, 0.717) is 0 Å². The zero-order valence-electron chi connectivity index (χ0n) is 8.22. The number of rotatable bonds is 2. The molecule has 0 amide bonds. The van der Waals surface area contributed by atoms with Gasteiger partial charge in [-0.3, -0.25) is 4.90 Å². The molecule has 1 aromatic heterocycles. The van der Waals surface area contributed by atoms with E-state index >= 15 is 0 Å². The molecule has 0 aromatic carbocycles. The van der Waals surface area contributed by atoms with Crippen LogP contribution >= 0.6 is 11.6 Å². The molecule has 0 unspecified atom stereocenters. The molecule has 2 rings (SSSR count). The van der Waals surface area contributed by atoms with Crippen molar-refractivity contribution in [2.24, 2.45) is 0 Å². The molecule has 1 aromatic rings. The molecule has 0 atom stereocenters. The van der Waals surface area contributed by atoms with Crippen LogP contribution in [0.2, 0.25) is 5.35 Å². The minimum absolute atomic E-state index is 0.243. The molecule has 5 heteroatoms. The van der Waals surface area contributed by atoms with Gasteiger partial charge in [-0.15, -0.1) is 0 Å². The van der Waals surface area contributed by atoms with Crippen LogP contribution in [-0.2, 0) is 6.54 Å². The van der Waals surface area contributed by atoms with Crippen molar-refractivity contribution >= 4 is 11.6 Å². The smallest absolute Gasteiger partial charge is 0.292 e. The highest BCUT2D eigenvalue weighted by Gasteiger charge is 2.14. The summed E-state index contributed by atoms with van der Waals surface area (Å²) in [5.41, 5.74) is 0.897. The van der Waals surface area contributed by atoms with Gasteiger partial charge >= 0.3 is 0 Å². The van der Waals surface area contributed by atoms with Crippen molar-refractivity contribution in [1.82, 2.24) is 15.2 Å². The van der Waals surface area contributed by atoms with Crippen LogP contribution in [0.1, 0.15) is 11.5 Å². The number of hydrogen-bond acceptors (Lipinski definition) is 4. The summed E-state index contributed by atoms with van der Waals surface area (Å²) in [6.45, 7) is 6.93. The van der Waals surface area contributed by atoms with Crippen molar-refractivity contribution in [3.8, 4) is 0 Å². The third-order valence-electron chi connectivity index (χ3n) is 2.44. The first-order valence-electron chi connectivity index (χ1n) is 4.80. The lowest BCUT2D eigenvalue weighted by atomic mass is 10.3. The van der Waals surface area contributed by atoms with Gasteiger partial charge in [0.2, 0.25) is 0 Å². The van der Waals surface area contributed by atoms with E-state index in [1.807, 2.05) is 6.92 Å². The monoisotopic (exact) mass is 215 g/mol. The quantitative estimate of drug-likeness (QED) is 0.801. The summed E-state index contributed by atoms with van der Waals surface area (Å²) in [4.78, 5) is 6.37. The first kappa shape index (κ1) is 9.96. The fraction of sp³-hybridized carbons (Fsp3) is 0.667. The average molecular weight is 216 g/mol. The number of nitrogens with zero attached hydrogens (tertiary/aromatic N) is 2. The average Bonchev–Trinajstić information content (AvgIpc) is 2.47. The van der Waals surface area contributed by atoms with Gasteiger partial charge in [-0.1, -0.05) is 0 Å². The zero-order valence-corrected chi connectivity index (χ0v) is 8.97. The Morgan fingerprint density at radius 1 is 1.50 bits per heavy atom. The first-order chi connectivity index (χ1) is 6.75. The Bertz CT molecular complexity index is 307. The van der Waals surface area contributed by atoms with Gasteiger partial charge in [0.1, 0.15) is 5.76 Å². The third-order valence-corrected chi connectivity index (χ3v) is 2.61. The molecule has 78 valence electrons. The Morgan fingerprint density at radius 2 is 2.21 bits per heavy atom. The summed E-state index contributed by atoms with van der Waals surface area (Å²) in [7, 11) is 0. The van der Waals surface area contributed by atoms with E-state index in [9.17, 15) is 0 Å². The minimum atomic E-state index is 0.243. The molecule has 1 N–H and O–H groups in total. The molecule has 4 nitrogen and oxygen atoms in total. The highest BCUT2D eigenvalue weighted by molar-refractivity contribution is 6.27. The first-order valence-corrected chi connectivity index (χ1v) is 5.18. The van der Waals surface area contributed by atoms with Crippen molar-refractivity contribution in [3.05, 3.63) is 16.8 Å². The summed E-state index contributed by atoms with van der Waals surface area (Å²) >= 11 is 5.67. The van der Waals surface area contributed by atoms with Crippen LogP contribution in [0.4, 0.5) is 0 Å². The fourth-order valence-corrected chi connectivity index (χ4v) is 1.83. The topological polar surface area (TPSA) is 41.3 Å². The van der Waals surface area contributed by atoms with Crippen molar-refractivity contribution in [3.63, 3.8) is 0 Å². The molecule has 0 radical (unpaired) electrons. The number of halogens is 1. The van der Waals surface area contributed by atoms with Gasteiger partial charge in [-0.05, 0) is 18.5 Å². The van der Waals surface area contributed by atoms with E-state index < -0.39 is 0 Å². The zero-order chi connectivity index (χ0) is 9.97. The Kier molecular flexibility index (Phi) is 3.05. The summed E-state index contributed by atoms with van der Waals surface area (Å²) in [5, 5.41) is 3.55. The summed E-state index contributed by atoms with van der Waals surface area (Å²) in [6, 6.07) is 0. The highest BCUT2D eigenvalue weighted by Crippen LogP contribution is 2.16. The lowest BCUT2D eigenvalue weighted by Crippen LogP contribution is -2.42. The number of aryl methyl sites for hydroxylation is 1. The highest BCUT2D eigenvalue weighted by atomic mass is 35.5. The number of nitrogens with one attached hydrogen (secondary N) is 1. The maximum Gasteiger partial charge on any atom is 0.292 e. The summed E-state index contributed by atoms with van der Waals surface area (Å²) in [6.07, 6.45) is 0. The van der Waals surface area contributed by atoms with Crippen LogP contribution in [0.25, 0.3) is 0 Å². The van der Waals surface area contributed by atoms with Crippen LogP contribution in [0.5, 0.6) is 0 Å². The molecule has 2 heterocycles. The van der Waals surface area contributed by atoms with Crippen LogP contribution < -0.4 is 5.32 Å². The van der Waals surface area contributed by atoms with E-state index in [2.05, 4.69) is 15.2 Å². The molecular weight excluding hydrogens is 202 g/mol. The summed E-state index contributed by atoms with van der Waals surface area (Å²) in [5.74, 6) is 0.886. The van der Waals surface area contributed by atoms with Gasteiger partial charge in [0, 0.05) is 26.2 Å². The lowest BCUT2D eigenvalue weighted by molar-refractivity contribution is 0.216. The molecule has 14 heavy (non-hydrogen) atoms. The maximum absolute atomic E-state index is 5.67. The van der Waals surface area contributed by atoms with Crippen LogP contribution in [0, 0.1) is 6.92 Å². The van der Waals surface area contributed by atoms with Crippen molar-refractivity contribution in [1.29, 1.82) is 0 Å². The lowest BCUT2D eigenvalue weighted by Gasteiger charge is -2.26. The molecule has 1 fully saturated rings. The van der Waals surface area contributed by atoms with Crippen molar-refractivity contribution in [2.75, 3.05) is 26.2 Å². The van der Waals surface area contributed by atoms with Gasteiger partial charge in [0.05, 0.1) is 12.2 Å². The van der Waals surface area contributed by atoms with Crippen molar-refractivity contribution < 1.29 is 4.42 Å². The predicted octanol–water partition coefficient (Wildman–Crippen LogP) is 1.04. The molecule has 1 aliphatic rings. The number of aromatic nitrogens is 1. The fourth-order valence-electron chi connectivity index (χ4n) is 1.61. The SMILES string of the molecule is Cc1nc(Cl)oc1CN1CCNCC1. The Morgan fingerprint density at radius 3 is 2.79 bits per heavy atom. The van der Waals surface area contributed by atoms with Crippen LogP contribution in [0.3, 0.4) is 0 Å². The second-order valence-electron chi connectivity index (χ2n) is 3.50. The minimum Gasteiger partial charge on any atom is -0.431 e. The van der Waals surface area contributed by atoms with E-state index in [4.69, 9.17) is 16.0 Å². The van der Waals surface area contributed by atoms with E-state index in [1.165, 1.54) is 0 Å². The predicted molar refractivity (Wildman–Crippen MR) is 54.4 cm³/mol. The van der Waals surface area contributed by atoms with Crippen molar-refractivity contribution in [2.45, 2.75) is 13.5 Å². The Labute approximate surface area is 88.2 Å². The Hall–Kier alpha value is -0.580. The van der Waals surface area contributed by atoms with Gasteiger partial charge in [-0.25, -0.2) is 4.98 Å². The van der Waals surface area contributed by atoms with E-state index in [1.54, 1.807) is 0 Å². The van der Waals surface area contributed by atoms with Gasteiger partial charge in [0.15, 0.2) is 0 Å². The molecule has 0 aliphatic carbocycles. The number of oxazole rings is 1. The van der Waals surface area contributed by atoms with Gasteiger partial charge in [-0.2, -0.15) is 0 Å². The molecule has 1 aliphatic heterocycles. The maximum atomic E-state index is 5.67. The number of hydrogen-bond donors (Lipinski definition) is 1. The molecular formula is C9H14ClN3O. The largest absolute Gasteiger partial charge is 0.431 e.